The van der Waals surface area contributed by atoms with E-state index in [2.05, 4.69) is 42.4 Å². The van der Waals surface area contributed by atoms with Gasteiger partial charge in [-0.3, -0.25) is 9.69 Å². The van der Waals surface area contributed by atoms with Crippen molar-refractivity contribution in [3.05, 3.63) is 52.6 Å². The van der Waals surface area contributed by atoms with Crippen molar-refractivity contribution >= 4 is 17.3 Å². The Morgan fingerprint density at radius 2 is 1.73 bits per heavy atom. The minimum atomic E-state index is -1.02. The third-order valence-corrected chi connectivity index (χ3v) is 7.43. The van der Waals surface area contributed by atoms with E-state index < -0.39 is 11.8 Å². The van der Waals surface area contributed by atoms with Gasteiger partial charge in [0.25, 0.3) is 5.91 Å². The van der Waals surface area contributed by atoms with Crippen LogP contribution in [0.2, 0.25) is 0 Å². The van der Waals surface area contributed by atoms with Crippen molar-refractivity contribution in [2.45, 2.75) is 91.5 Å². The molecule has 2 aromatic carbocycles. The molecule has 3 rings (SSSR count). The normalized spacial score (nSPS) is 16.4. The number of nitrogens with two attached hydrogens (primary N) is 1. The highest BCUT2D eigenvalue weighted by Gasteiger charge is 2.33. The fraction of sp³-hybridized carbons (Fsp3) is 0.567. The molecule has 1 aliphatic rings. The highest BCUT2D eigenvalue weighted by atomic mass is 16.5. The second kappa shape index (κ2) is 11.3. The lowest BCUT2D eigenvalue weighted by molar-refractivity contribution is -0.135. The van der Waals surface area contributed by atoms with Crippen molar-refractivity contribution in [2.75, 3.05) is 30.7 Å². The standard InChI is InChI=1S/C30H46N4O3/c1-19-17-25(20(2)21(3)27(19)31)37-30(7,8)28(36)32-22-13-15-34(16-14-22)18-26(35)33-24-12-10-9-11-23(24)29(4,5)6/h9-12,17,22,26,33,35H,13-16,18,31H2,1-8H3,(H,32,36). The Kier molecular flexibility index (Phi) is 8.81. The van der Waals surface area contributed by atoms with Crippen LogP contribution in [0.1, 0.15) is 69.7 Å². The summed E-state index contributed by atoms with van der Waals surface area (Å²) in [6.07, 6.45) is 0.982. The van der Waals surface area contributed by atoms with E-state index >= 15 is 0 Å². The molecule has 5 N–H and O–H groups in total. The van der Waals surface area contributed by atoms with E-state index in [1.807, 2.05) is 45.0 Å². The number of rotatable bonds is 8. The van der Waals surface area contributed by atoms with Gasteiger partial charge in [-0.15, -0.1) is 0 Å². The quantitative estimate of drug-likeness (QED) is 0.305. The molecule has 0 radical (unpaired) electrons. The Balaban J connectivity index is 1.51. The number of anilines is 2. The predicted octanol–water partition coefficient (Wildman–Crippen LogP) is 4.66. The van der Waals surface area contributed by atoms with Crippen molar-refractivity contribution in [2.24, 2.45) is 0 Å². The van der Waals surface area contributed by atoms with Gasteiger partial charge in [0.2, 0.25) is 0 Å². The molecule has 1 amide bonds. The number of aliphatic hydroxyl groups excluding tert-OH is 1. The van der Waals surface area contributed by atoms with Gasteiger partial charge in [0, 0.05) is 37.1 Å². The van der Waals surface area contributed by atoms with E-state index in [4.69, 9.17) is 10.5 Å². The maximum absolute atomic E-state index is 13.1. The van der Waals surface area contributed by atoms with E-state index in [-0.39, 0.29) is 17.4 Å². The number of para-hydroxylation sites is 1. The molecule has 0 spiro atoms. The van der Waals surface area contributed by atoms with Crippen LogP contribution in [0.5, 0.6) is 5.75 Å². The van der Waals surface area contributed by atoms with Crippen LogP contribution in [-0.4, -0.2) is 53.4 Å². The average Bonchev–Trinajstić information content (AvgIpc) is 2.82. The lowest BCUT2D eigenvalue weighted by Gasteiger charge is -2.35. The lowest BCUT2D eigenvalue weighted by Crippen LogP contribution is -2.53. The average molecular weight is 511 g/mol. The number of ether oxygens (including phenoxy) is 1. The number of benzene rings is 2. The van der Waals surface area contributed by atoms with Gasteiger partial charge in [0.15, 0.2) is 5.60 Å². The van der Waals surface area contributed by atoms with E-state index in [0.29, 0.717) is 12.3 Å². The maximum Gasteiger partial charge on any atom is 0.263 e. The van der Waals surface area contributed by atoms with Crippen LogP contribution < -0.4 is 21.1 Å². The van der Waals surface area contributed by atoms with Gasteiger partial charge in [-0.05, 0) is 87.3 Å². The smallest absolute Gasteiger partial charge is 0.263 e. The zero-order valence-electron chi connectivity index (χ0n) is 23.9. The number of aryl methyl sites for hydroxylation is 1. The largest absolute Gasteiger partial charge is 0.478 e. The zero-order chi connectivity index (χ0) is 27.5. The first-order valence-electron chi connectivity index (χ1n) is 13.3. The van der Waals surface area contributed by atoms with Gasteiger partial charge >= 0.3 is 0 Å². The van der Waals surface area contributed by atoms with Crippen LogP contribution in [0.15, 0.2) is 30.3 Å². The summed E-state index contributed by atoms with van der Waals surface area (Å²) < 4.78 is 6.20. The number of nitrogens with one attached hydrogen (secondary N) is 2. The van der Waals surface area contributed by atoms with Gasteiger partial charge in [0.05, 0.1) is 0 Å². The van der Waals surface area contributed by atoms with Crippen LogP contribution in [0, 0.1) is 20.8 Å². The van der Waals surface area contributed by atoms with Gasteiger partial charge in [0.1, 0.15) is 12.0 Å². The van der Waals surface area contributed by atoms with Crippen molar-refractivity contribution in [1.82, 2.24) is 10.2 Å². The molecule has 204 valence electrons. The Morgan fingerprint density at radius 3 is 2.35 bits per heavy atom. The molecule has 0 bridgehead atoms. The second-order valence-corrected chi connectivity index (χ2v) is 12.0. The molecular formula is C30H46N4O3. The lowest BCUT2D eigenvalue weighted by atomic mass is 9.86. The Bertz CT molecular complexity index is 1100. The van der Waals surface area contributed by atoms with E-state index in [1.165, 1.54) is 5.56 Å². The third kappa shape index (κ3) is 7.17. The van der Waals surface area contributed by atoms with Crippen LogP contribution in [0.4, 0.5) is 11.4 Å². The third-order valence-electron chi connectivity index (χ3n) is 7.43. The van der Waals surface area contributed by atoms with Crippen molar-refractivity contribution in [3.63, 3.8) is 0 Å². The molecule has 0 aromatic heterocycles. The minimum absolute atomic E-state index is 0.0123. The molecule has 7 nitrogen and oxygen atoms in total. The van der Waals surface area contributed by atoms with Crippen LogP contribution >= 0.6 is 0 Å². The molecule has 1 atom stereocenters. The summed E-state index contributed by atoms with van der Waals surface area (Å²) >= 11 is 0. The molecule has 1 aliphatic heterocycles. The summed E-state index contributed by atoms with van der Waals surface area (Å²) in [5, 5.41) is 17.2. The fourth-order valence-electron chi connectivity index (χ4n) is 4.84. The molecule has 1 saturated heterocycles. The molecule has 1 unspecified atom stereocenters. The van der Waals surface area contributed by atoms with Crippen LogP contribution in [-0.2, 0) is 10.2 Å². The number of amides is 1. The van der Waals surface area contributed by atoms with Crippen molar-refractivity contribution in [1.29, 1.82) is 0 Å². The monoisotopic (exact) mass is 510 g/mol. The summed E-state index contributed by atoms with van der Waals surface area (Å²) in [5.74, 6) is 0.562. The molecule has 0 saturated carbocycles. The van der Waals surface area contributed by atoms with Crippen molar-refractivity contribution in [3.8, 4) is 5.75 Å². The highest BCUT2D eigenvalue weighted by molar-refractivity contribution is 5.85. The van der Waals surface area contributed by atoms with Crippen LogP contribution in [0.3, 0.4) is 0 Å². The SMILES string of the molecule is Cc1cc(OC(C)(C)C(=O)NC2CCN(CC(O)Nc3ccccc3C(C)(C)C)CC2)c(C)c(C)c1N. The van der Waals surface area contributed by atoms with E-state index in [0.717, 1.165) is 54.0 Å². The number of β-amino-alcohol motifs (C(OH)–C–C–N with tert-alkyl or cyclic N) is 1. The molecule has 7 heteroatoms. The number of hydrogen-bond donors (Lipinski definition) is 4. The van der Waals surface area contributed by atoms with E-state index in [9.17, 15) is 9.90 Å². The van der Waals surface area contributed by atoms with Crippen molar-refractivity contribution < 1.29 is 14.6 Å². The number of carbonyl (C=O) groups is 1. The number of nitrogens with zero attached hydrogens (tertiary/aromatic N) is 1. The number of aliphatic hydroxyl groups is 1. The summed E-state index contributed by atoms with van der Waals surface area (Å²) in [4.78, 5) is 15.4. The summed E-state index contributed by atoms with van der Waals surface area (Å²) in [5.41, 5.74) is 10.9. The highest BCUT2D eigenvalue weighted by Crippen LogP contribution is 2.32. The first kappa shape index (κ1) is 28.8. The minimum Gasteiger partial charge on any atom is -0.478 e. The Labute approximate surface area is 222 Å². The van der Waals surface area contributed by atoms with Crippen LogP contribution in [0.25, 0.3) is 0 Å². The van der Waals surface area contributed by atoms with Gasteiger partial charge in [-0.1, -0.05) is 39.0 Å². The summed E-state index contributed by atoms with van der Waals surface area (Å²) in [7, 11) is 0. The number of hydrogen-bond acceptors (Lipinski definition) is 6. The second-order valence-electron chi connectivity index (χ2n) is 12.0. The van der Waals surface area contributed by atoms with Gasteiger partial charge in [-0.25, -0.2) is 0 Å². The molecule has 37 heavy (non-hydrogen) atoms. The first-order valence-corrected chi connectivity index (χ1v) is 13.3. The van der Waals surface area contributed by atoms with Gasteiger partial charge in [-0.2, -0.15) is 0 Å². The summed E-state index contributed by atoms with van der Waals surface area (Å²) in [6.45, 7) is 18.1. The predicted molar refractivity (Wildman–Crippen MR) is 152 cm³/mol. The zero-order valence-corrected chi connectivity index (χ0v) is 23.9. The van der Waals surface area contributed by atoms with Gasteiger partial charge < -0.3 is 26.2 Å². The molecule has 0 aliphatic carbocycles. The summed E-state index contributed by atoms with van der Waals surface area (Å²) in [6, 6.07) is 10.1. The first-order chi connectivity index (χ1) is 17.2. The number of nitrogen functional groups attached to an aromatic ring is 1. The molecule has 2 aromatic rings. The Morgan fingerprint density at radius 1 is 1.11 bits per heavy atom. The fourth-order valence-corrected chi connectivity index (χ4v) is 4.84. The molecular weight excluding hydrogens is 464 g/mol. The Hall–Kier alpha value is -2.77. The topological polar surface area (TPSA) is 99.8 Å². The number of likely N-dealkylation sites (tertiary alicyclic amines) is 1. The number of carbonyl (C=O) groups excluding carboxylic acids is 1. The number of piperidine rings is 1. The van der Waals surface area contributed by atoms with E-state index in [1.54, 1.807) is 13.8 Å². The molecule has 1 heterocycles. The maximum atomic E-state index is 13.1. The molecule has 1 fully saturated rings.